The maximum absolute atomic E-state index is 4.58. The summed E-state index contributed by atoms with van der Waals surface area (Å²) in [6.07, 6.45) is 4.84. The molecule has 1 saturated heterocycles. The summed E-state index contributed by atoms with van der Waals surface area (Å²) in [6, 6.07) is 0.633. The minimum Gasteiger partial charge on any atom is -0.310 e. The normalized spacial score (nSPS) is 18.4. The van der Waals surface area contributed by atoms with Crippen LogP contribution in [0.25, 0.3) is 4.96 Å². The standard InChI is InChI=1S/C14H22N4S/c1-11(17-5-3-4-6-17)9-15-10-13-12(2)16-14-18(13)7-8-19-14/h7-8,11,15H,3-6,9-10H2,1-2H3. The zero-order valence-electron chi connectivity index (χ0n) is 11.7. The first-order valence-electron chi connectivity index (χ1n) is 7.11. The number of nitrogens with one attached hydrogen (secondary N) is 1. The number of hydrogen-bond donors (Lipinski definition) is 1. The zero-order valence-corrected chi connectivity index (χ0v) is 12.5. The number of likely N-dealkylation sites (tertiary alicyclic amines) is 1. The number of aromatic nitrogens is 2. The highest BCUT2D eigenvalue weighted by molar-refractivity contribution is 7.15. The molecular weight excluding hydrogens is 256 g/mol. The number of aryl methyl sites for hydroxylation is 1. The minimum absolute atomic E-state index is 0.633. The molecule has 0 bridgehead atoms. The van der Waals surface area contributed by atoms with Gasteiger partial charge >= 0.3 is 0 Å². The van der Waals surface area contributed by atoms with Crippen molar-refractivity contribution in [1.29, 1.82) is 0 Å². The molecule has 2 aromatic rings. The second-order valence-corrected chi connectivity index (χ2v) is 6.30. The van der Waals surface area contributed by atoms with Crippen molar-refractivity contribution < 1.29 is 0 Å². The third-order valence-electron chi connectivity index (χ3n) is 4.06. The predicted molar refractivity (Wildman–Crippen MR) is 79.8 cm³/mol. The van der Waals surface area contributed by atoms with Gasteiger partial charge in [0.15, 0.2) is 4.96 Å². The summed E-state index contributed by atoms with van der Waals surface area (Å²) in [4.78, 5) is 8.26. The van der Waals surface area contributed by atoms with Gasteiger partial charge in [-0.15, -0.1) is 11.3 Å². The van der Waals surface area contributed by atoms with Crippen LogP contribution in [0.3, 0.4) is 0 Å². The van der Waals surface area contributed by atoms with Gasteiger partial charge < -0.3 is 5.32 Å². The van der Waals surface area contributed by atoms with E-state index in [1.807, 2.05) is 0 Å². The predicted octanol–water partition coefficient (Wildman–Crippen LogP) is 2.28. The van der Waals surface area contributed by atoms with Crippen LogP contribution in [-0.4, -0.2) is 40.0 Å². The number of thiazole rings is 1. The van der Waals surface area contributed by atoms with Crippen molar-refractivity contribution in [2.75, 3.05) is 19.6 Å². The van der Waals surface area contributed by atoms with E-state index in [9.17, 15) is 0 Å². The molecule has 0 amide bonds. The van der Waals surface area contributed by atoms with Gasteiger partial charge in [-0.1, -0.05) is 0 Å². The molecule has 4 nitrogen and oxygen atoms in total. The lowest BCUT2D eigenvalue weighted by Gasteiger charge is -2.23. The second kappa shape index (κ2) is 5.61. The van der Waals surface area contributed by atoms with E-state index in [2.05, 4.69) is 45.0 Å². The van der Waals surface area contributed by atoms with Crippen molar-refractivity contribution in [2.24, 2.45) is 0 Å². The van der Waals surface area contributed by atoms with Crippen LogP contribution in [0, 0.1) is 6.92 Å². The fourth-order valence-electron chi connectivity index (χ4n) is 2.86. The molecule has 2 aromatic heterocycles. The van der Waals surface area contributed by atoms with Crippen molar-refractivity contribution >= 4 is 16.3 Å². The van der Waals surface area contributed by atoms with Crippen molar-refractivity contribution in [2.45, 2.75) is 39.3 Å². The molecule has 0 aliphatic carbocycles. The summed E-state index contributed by atoms with van der Waals surface area (Å²) < 4.78 is 2.20. The van der Waals surface area contributed by atoms with Crippen molar-refractivity contribution in [3.05, 3.63) is 23.0 Å². The number of hydrogen-bond acceptors (Lipinski definition) is 4. The van der Waals surface area contributed by atoms with Gasteiger partial charge in [-0.25, -0.2) is 4.98 Å². The van der Waals surface area contributed by atoms with E-state index in [-0.39, 0.29) is 0 Å². The molecule has 1 aliphatic heterocycles. The van der Waals surface area contributed by atoms with Crippen LogP contribution in [0.2, 0.25) is 0 Å². The minimum atomic E-state index is 0.633. The van der Waals surface area contributed by atoms with Gasteiger partial charge in [0.25, 0.3) is 0 Å². The Hall–Kier alpha value is -0.910. The van der Waals surface area contributed by atoms with Crippen LogP contribution in [0.15, 0.2) is 11.6 Å². The molecule has 0 spiro atoms. The SMILES string of the molecule is Cc1nc2sccn2c1CNCC(C)N1CCCC1. The highest BCUT2D eigenvalue weighted by Gasteiger charge is 2.17. The summed E-state index contributed by atoms with van der Waals surface area (Å²) in [5.74, 6) is 0. The van der Waals surface area contributed by atoms with Gasteiger partial charge in [0, 0.05) is 30.7 Å². The first-order valence-corrected chi connectivity index (χ1v) is 7.99. The van der Waals surface area contributed by atoms with E-state index in [1.165, 1.54) is 31.6 Å². The van der Waals surface area contributed by atoms with Crippen LogP contribution in [0.4, 0.5) is 0 Å². The Labute approximate surface area is 118 Å². The highest BCUT2D eigenvalue weighted by atomic mass is 32.1. The van der Waals surface area contributed by atoms with Gasteiger partial charge in [-0.2, -0.15) is 0 Å². The molecule has 3 rings (SSSR count). The highest BCUT2D eigenvalue weighted by Crippen LogP contribution is 2.16. The fraction of sp³-hybridized carbons (Fsp3) is 0.643. The second-order valence-electron chi connectivity index (χ2n) is 5.42. The van der Waals surface area contributed by atoms with Crippen LogP contribution < -0.4 is 5.32 Å². The average Bonchev–Trinajstić information content (AvgIpc) is 3.08. The quantitative estimate of drug-likeness (QED) is 0.911. The number of nitrogens with zero attached hydrogens (tertiary/aromatic N) is 3. The Morgan fingerprint density at radius 1 is 1.42 bits per heavy atom. The van der Waals surface area contributed by atoms with E-state index in [1.54, 1.807) is 11.3 Å². The monoisotopic (exact) mass is 278 g/mol. The summed E-state index contributed by atoms with van der Waals surface area (Å²) in [5.41, 5.74) is 2.44. The Bertz CT molecular complexity index is 539. The maximum atomic E-state index is 4.58. The van der Waals surface area contributed by atoms with Crippen molar-refractivity contribution in [3.8, 4) is 0 Å². The Morgan fingerprint density at radius 3 is 3.00 bits per heavy atom. The molecule has 1 aliphatic rings. The number of fused-ring (bicyclic) bond motifs is 1. The number of rotatable bonds is 5. The van der Waals surface area contributed by atoms with Crippen LogP contribution in [0.1, 0.15) is 31.2 Å². The lowest BCUT2D eigenvalue weighted by atomic mass is 10.3. The van der Waals surface area contributed by atoms with Gasteiger partial charge in [-0.05, 0) is 39.8 Å². The van der Waals surface area contributed by atoms with Crippen molar-refractivity contribution in [3.63, 3.8) is 0 Å². The van der Waals surface area contributed by atoms with Crippen molar-refractivity contribution in [1.82, 2.24) is 19.6 Å². The van der Waals surface area contributed by atoms with E-state index in [0.717, 1.165) is 23.7 Å². The summed E-state index contributed by atoms with van der Waals surface area (Å²) in [6.45, 7) is 8.91. The van der Waals surface area contributed by atoms with Crippen LogP contribution in [-0.2, 0) is 6.54 Å². The fourth-order valence-corrected chi connectivity index (χ4v) is 3.64. The van der Waals surface area contributed by atoms with Gasteiger partial charge in [-0.3, -0.25) is 9.30 Å². The molecule has 19 heavy (non-hydrogen) atoms. The Balaban J connectivity index is 1.57. The lowest BCUT2D eigenvalue weighted by molar-refractivity contribution is 0.251. The molecule has 0 saturated carbocycles. The van der Waals surface area contributed by atoms with Gasteiger partial charge in [0.1, 0.15) is 0 Å². The molecule has 3 heterocycles. The lowest BCUT2D eigenvalue weighted by Crippen LogP contribution is -2.38. The molecule has 1 fully saturated rings. The molecule has 0 radical (unpaired) electrons. The third-order valence-corrected chi connectivity index (χ3v) is 4.81. The number of imidazole rings is 1. The molecular formula is C14H22N4S. The zero-order chi connectivity index (χ0) is 13.2. The van der Waals surface area contributed by atoms with Crippen LogP contribution in [0.5, 0.6) is 0 Å². The van der Waals surface area contributed by atoms with Gasteiger partial charge in [0.2, 0.25) is 0 Å². The molecule has 104 valence electrons. The molecule has 5 heteroatoms. The molecule has 1 N–H and O–H groups in total. The first-order chi connectivity index (χ1) is 9.25. The van der Waals surface area contributed by atoms with Crippen LogP contribution >= 0.6 is 11.3 Å². The first kappa shape index (κ1) is 13.1. The van der Waals surface area contributed by atoms with Gasteiger partial charge in [0.05, 0.1) is 11.4 Å². The average molecular weight is 278 g/mol. The Morgan fingerprint density at radius 2 is 2.21 bits per heavy atom. The molecule has 0 aromatic carbocycles. The Kier molecular flexibility index (Phi) is 3.86. The molecule has 1 unspecified atom stereocenters. The summed E-state index contributed by atoms with van der Waals surface area (Å²) in [5, 5.41) is 5.68. The van der Waals surface area contributed by atoms with E-state index in [0.29, 0.717) is 6.04 Å². The smallest absolute Gasteiger partial charge is 0.194 e. The summed E-state index contributed by atoms with van der Waals surface area (Å²) >= 11 is 1.70. The van der Waals surface area contributed by atoms with E-state index >= 15 is 0 Å². The maximum Gasteiger partial charge on any atom is 0.194 e. The topological polar surface area (TPSA) is 32.6 Å². The van der Waals surface area contributed by atoms with E-state index < -0.39 is 0 Å². The summed E-state index contributed by atoms with van der Waals surface area (Å²) in [7, 11) is 0. The third kappa shape index (κ3) is 2.68. The molecule has 1 atom stereocenters. The van der Waals surface area contributed by atoms with E-state index in [4.69, 9.17) is 0 Å². The largest absolute Gasteiger partial charge is 0.310 e.